The summed E-state index contributed by atoms with van der Waals surface area (Å²) in [5, 5.41) is 17.3. The largest absolute Gasteiger partial charge is 0.354 e. The Balaban J connectivity index is 2.68. The second-order valence-corrected chi connectivity index (χ2v) is 4.99. The molecule has 0 spiro atoms. The first-order valence-corrected chi connectivity index (χ1v) is 6.65. The van der Waals surface area contributed by atoms with Crippen LogP contribution in [0.15, 0.2) is 29.3 Å². The zero-order chi connectivity index (χ0) is 15.1. The van der Waals surface area contributed by atoms with Gasteiger partial charge >= 0.3 is 0 Å². The summed E-state index contributed by atoms with van der Waals surface area (Å²) < 4.78 is 0. The number of nitrogens with one attached hydrogen (secondary N) is 2. The van der Waals surface area contributed by atoms with Crippen molar-refractivity contribution in [1.29, 1.82) is 0 Å². The van der Waals surface area contributed by atoms with Crippen molar-refractivity contribution in [3.05, 3.63) is 39.9 Å². The van der Waals surface area contributed by atoms with Gasteiger partial charge in [-0.15, -0.1) is 0 Å². The van der Waals surface area contributed by atoms with Crippen molar-refractivity contribution in [3.63, 3.8) is 0 Å². The molecular formula is C14H22N4O2. The van der Waals surface area contributed by atoms with E-state index in [9.17, 15) is 10.1 Å². The minimum absolute atomic E-state index is 0.118. The third-order valence-electron chi connectivity index (χ3n) is 3.22. The summed E-state index contributed by atoms with van der Waals surface area (Å²) in [4.78, 5) is 14.7. The molecule has 1 unspecified atom stereocenters. The zero-order valence-corrected chi connectivity index (χ0v) is 12.4. The molecule has 1 atom stereocenters. The van der Waals surface area contributed by atoms with Gasteiger partial charge in [0, 0.05) is 31.3 Å². The third kappa shape index (κ3) is 4.53. The highest BCUT2D eigenvalue weighted by atomic mass is 16.6. The number of hydrogen-bond donors (Lipinski definition) is 2. The molecule has 0 saturated carbocycles. The minimum Gasteiger partial charge on any atom is -0.354 e. The zero-order valence-electron chi connectivity index (χ0n) is 12.4. The van der Waals surface area contributed by atoms with Crippen molar-refractivity contribution in [1.82, 2.24) is 10.6 Å². The third-order valence-corrected chi connectivity index (χ3v) is 3.22. The Morgan fingerprint density at radius 3 is 2.55 bits per heavy atom. The Morgan fingerprint density at radius 2 is 2.00 bits per heavy atom. The minimum atomic E-state index is -0.371. The van der Waals surface area contributed by atoms with Gasteiger partial charge in [0.25, 0.3) is 5.69 Å². The molecule has 0 fully saturated rings. The van der Waals surface area contributed by atoms with E-state index in [1.165, 1.54) is 6.07 Å². The van der Waals surface area contributed by atoms with Gasteiger partial charge in [0.15, 0.2) is 5.96 Å². The number of hydrogen-bond acceptors (Lipinski definition) is 3. The fourth-order valence-corrected chi connectivity index (χ4v) is 1.59. The number of nitrogens with zero attached hydrogens (tertiary/aromatic N) is 2. The van der Waals surface area contributed by atoms with E-state index < -0.39 is 0 Å². The van der Waals surface area contributed by atoms with Crippen molar-refractivity contribution < 1.29 is 4.92 Å². The Bertz CT molecular complexity index is 486. The molecule has 1 aromatic rings. The van der Waals surface area contributed by atoms with Crippen LogP contribution in [0.25, 0.3) is 0 Å². The number of aliphatic imine (C=N–C) groups is 1. The van der Waals surface area contributed by atoms with Crippen LogP contribution in [0.4, 0.5) is 5.69 Å². The fourth-order valence-electron chi connectivity index (χ4n) is 1.59. The number of rotatable bonds is 5. The van der Waals surface area contributed by atoms with Gasteiger partial charge in [0.2, 0.25) is 0 Å². The van der Waals surface area contributed by atoms with E-state index in [-0.39, 0.29) is 16.7 Å². The smallest absolute Gasteiger partial charge is 0.274 e. The van der Waals surface area contributed by atoms with Crippen molar-refractivity contribution in [2.75, 3.05) is 7.05 Å². The number of guanidine groups is 1. The quantitative estimate of drug-likeness (QED) is 0.375. The molecule has 0 amide bonds. The molecule has 1 rings (SSSR count). The summed E-state index contributed by atoms with van der Waals surface area (Å²) in [7, 11) is 1.68. The molecule has 0 aliphatic carbocycles. The van der Waals surface area contributed by atoms with Gasteiger partial charge in [-0.1, -0.05) is 32.0 Å². The molecule has 0 bridgehead atoms. The summed E-state index contributed by atoms with van der Waals surface area (Å²) in [5.41, 5.74) is 0.755. The standard InChI is InChI=1S/C14H22N4O2/c1-10(2)11(3)17-14(15-4)16-9-12-7-5-6-8-13(12)18(19)20/h5-8,10-11H,9H2,1-4H3,(H2,15,16,17). The van der Waals surface area contributed by atoms with E-state index in [4.69, 9.17) is 0 Å². The summed E-state index contributed by atoms with van der Waals surface area (Å²) >= 11 is 0. The van der Waals surface area contributed by atoms with Crippen LogP contribution >= 0.6 is 0 Å². The van der Waals surface area contributed by atoms with Crippen LogP contribution in [-0.4, -0.2) is 24.0 Å². The van der Waals surface area contributed by atoms with Crippen molar-refractivity contribution >= 4 is 11.6 Å². The monoisotopic (exact) mass is 278 g/mol. The maximum absolute atomic E-state index is 10.9. The molecule has 2 N–H and O–H groups in total. The van der Waals surface area contributed by atoms with Crippen LogP contribution in [0.5, 0.6) is 0 Å². The predicted molar refractivity (Wildman–Crippen MR) is 80.7 cm³/mol. The Hall–Kier alpha value is -2.11. The lowest BCUT2D eigenvalue weighted by atomic mass is 10.1. The molecule has 6 heteroatoms. The summed E-state index contributed by atoms with van der Waals surface area (Å²) in [6, 6.07) is 6.97. The van der Waals surface area contributed by atoms with Crippen LogP contribution in [-0.2, 0) is 6.54 Å². The normalized spacial score (nSPS) is 13.2. The predicted octanol–water partition coefficient (Wildman–Crippen LogP) is 2.30. The second-order valence-electron chi connectivity index (χ2n) is 4.99. The second kappa shape index (κ2) is 7.47. The van der Waals surface area contributed by atoms with Crippen LogP contribution in [0.2, 0.25) is 0 Å². The molecule has 0 aliphatic rings. The van der Waals surface area contributed by atoms with E-state index in [0.717, 1.165) is 0 Å². The highest BCUT2D eigenvalue weighted by Crippen LogP contribution is 2.16. The highest BCUT2D eigenvalue weighted by Gasteiger charge is 2.13. The number of nitro benzene ring substituents is 1. The summed E-state index contributed by atoms with van der Waals surface area (Å²) in [6.07, 6.45) is 0. The van der Waals surface area contributed by atoms with E-state index in [1.807, 2.05) is 0 Å². The maximum Gasteiger partial charge on any atom is 0.274 e. The summed E-state index contributed by atoms with van der Waals surface area (Å²) in [6.45, 7) is 6.67. The van der Waals surface area contributed by atoms with Gasteiger partial charge in [-0.3, -0.25) is 15.1 Å². The van der Waals surface area contributed by atoms with Crippen LogP contribution < -0.4 is 10.6 Å². The van der Waals surface area contributed by atoms with E-state index >= 15 is 0 Å². The van der Waals surface area contributed by atoms with Crippen molar-refractivity contribution in [2.45, 2.75) is 33.4 Å². The molecule has 0 aliphatic heterocycles. The van der Waals surface area contributed by atoms with Gasteiger partial charge in [0.1, 0.15) is 0 Å². The maximum atomic E-state index is 10.9. The summed E-state index contributed by atoms with van der Waals surface area (Å²) in [5.74, 6) is 1.11. The van der Waals surface area contributed by atoms with Crippen LogP contribution in [0.3, 0.4) is 0 Å². The molecule has 0 radical (unpaired) electrons. The van der Waals surface area contributed by atoms with Gasteiger partial charge in [-0.2, -0.15) is 0 Å². The Kier molecular flexibility index (Phi) is 5.96. The first-order chi connectivity index (χ1) is 9.45. The molecular weight excluding hydrogens is 256 g/mol. The van der Waals surface area contributed by atoms with Crippen LogP contribution in [0.1, 0.15) is 26.3 Å². The van der Waals surface area contributed by atoms with Gasteiger partial charge < -0.3 is 10.6 Å². The fraction of sp³-hybridized carbons (Fsp3) is 0.500. The first-order valence-electron chi connectivity index (χ1n) is 6.65. The molecule has 6 nitrogen and oxygen atoms in total. The molecule has 1 aromatic carbocycles. The number of nitro groups is 1. The molecule has 0 saturated heterocycles. The molecule has 110 valence electrons. The van der Waals surface area contributed by atoms with Crippen LogP contribution in [0, 0.1) is 16.0 Å². The topological polar surface area (TPSA) is 79.6 Å². The van der Waals surface area contributed by atoms with E-state index in [0.29, 0.717) is 24.0 Å². The average Bonchev–Trinajstić information content (AvgIpc) is 2.43. The molecule has 20 heavy (non-hydrogen) atoms. The lowest BCUT2D eigenvalue weighted by Gasteiger charge is -2.20. The lowest BCUT2D eigenvalue weighted by molar-refractivity contribution is -0.385. The van der Waals surface area contributed by atoms with Gasteiger partial charge in [-0.25, -0.2) is 0 Å². The lowest BCUT2D eigenvalue weighted by Crippen LogP contribution is -2.43. The molecule has 0 heterocycles. The molecule has 0 aromatic heterocycles. The number of para-hydroxylation sites is 1. The number of benzene rings is 1. The first kappa shape index (κ1) is 15.9. The van der Waals surface area contributed by atoms with Crippen molar-refractivity contribution in [3.8, 4) is 0 Å². The van der Waals surface area contributed by atoms with Gasteiger partial charge in [-0.05, 0) is 12.8 Å². The van der Waals surface area contributed by atoms with Crippen molar-refractivity contribution in [2.24, 2.45) is 10.9 Å². The average molecular weight is 278 g/mol. The van der Waals surface area contributed by atoms with E-state index in [2.05, 4.69) is 36.4 Å². The highest BCUT2D eigenvalue weighted by molar-refractivity contribution is 5.80. The van der Waals surface area contributed by atoms with Gasteiger partial charge in [0.05, 0.1) is 4.92 Å². The Labute approximate surface area is 119 Å². The Morgan fingerprint density at radius 1 is 1.35 bits per heavy atom. The SMILES string of the molecule is CN=C(NCc1ccccc1[N+](=O)[O-])NC(C)C(C)C. The van der Waals surface area contributed by atoms with E-state index in [1.54, 1.807) is 25.2 Å².